The van der Waals surface area contributed by atoms with Gasteiger partial charge in [-0.05, 0) is 42.3 Å². The molecule has 1 aromatic heterocycles. The SMILES string of the molecule is Cc1cc(CNC(=O)[C@H](O)c2ccc(F)cc2)ccn1. The largest absolute Gasteiger partial charge is 0.378 e. The molecule has 1 aromatic carbocycles. The summed E-state index contributed by atoms with van der Waals surface area (Å²) in [7, 11) is 0. The zero-order chi connectivity index (χ0) is 14.5. The predicted octanol–water partition coefficient (Wildman–Crippen LogP) is 1.88. The summed E-state index contributed by atoms with van der Waals surface area (Å²) in [5.74, 6) is -0.931. The number of hydrogen-bond donors (Lipinski definition) is 2. The number of aliphatic hydroxyl groups excluding tert-OH is 1. The summed E-state index contributed by atoms with van der Waals surface area (Å²) >= 11 is 0. The first-order valence-electron chi connectivity index (χ1n) is 6.19. The molecule has 0 bridgehead atoms. The molecule has 0 saturated heterocycles. The molecule has 1 heterocycles. The Hall–Kier alpha value is -2.27. The number of pyridine rings is 1. The van der Waals surface area contributed by atoms with Crippen LogP contribution in [0.5, 0.6) is 0 Å². The van der Waals surface area contributed by atoms with Crippen LogP contribution in [0.4, 0.5) is 4.39 Å². The summed E-state index contributed by atoms with van der Waals surface area (Å²) in [5.41, 5.74) is 2.11. The van der Waals surface area contributed by atoms with Gasteiger partial charge in [-0.1, -0.05) is 12.1 Å². The minimum absolute atomic E-state index is 0.306. The van der Waals surface area contributed by atoms with Gasteiger partial charge in [-0.15, -0.1) is 0 Å². The van der Waals surface area contributed by atoms with Gasteiger partial charge in [0.25, 0.3) is 5.91 Å². The number of aliphatic hydroxyl groups is 1. The molecule has 0 aliphatic rings. The van der Waals surface area contributed by atoms with Gasteiger partial charge in [0.1, 0.15) is 5.82 Å². The zero-order valence-electron chi connectivity index (χ0n) is 11.0. The monoisotopic (exact) mass is 274 g/mol. The number of carbonyl (C=O) groups is 1. The van der Waals surface area contributed by atoms with Crippen molar-refractivity contribution in [2.24, 2.45) is 0 Å². The Labute approximate surface area is 116 Å². The quantitative estimate of drug-likeness (QED) is 0.894. The van der Waals surface area contributed by atoms with Crippen LogP contribution in [-0.4, -0.2) is 16.0 Å². The molecule has 0 fully saturated rings. The summed E-state index contributed by atoms with van der Waals surface area (Å²) < 4.78 is 12.8. The van der Waals surface area contributed by atoms with E-state index in [0.29, 0.717) is 12.1 Å². The second kappa shape index (κ2) is 6.25. The number of benzene rings is 1. The normalized spacial score (nSPS) is 11.9. The predicted molar refractivity (Wildman–Crippen MR) is 72.2 cm³/mol. The Kier molecular flexibility index (Phi) is 4.42. The van der Waals surface area contributed by atoms with Gasteiger partial charge in [-0.3, -0.25) is 9.78 Å². The van der Waals surface area contributed by atoms with Gasteiger partial charge in [0.2, 0.25) is 0 Å². The Bertz CT molecular complexity index is 599. The average molecular weight is 274 g/mol. The Morgan fingerprint density at radius 3 is 2.70 bits per heavy atom. The minimum atomic E-state index is -1.31. The van der Waals surface area contributed by atoms with Crippen LogP contribution in [0, 0.1) is 12.7 Å². The highest BCUT2D eigenvalue weighted by molar-refractivity contribution is 5.81. The van der Waals surface area contributed by atoms with E-state index >= 15 is 0 Å². The summed E-state index contributed by atoms with van der Waals surface area (Å²) in [6.45, 7) is 2.17. The Morgan fingerprint density at radius 1 is 1.35 bits per heavy atom. The van der Waals surface area contributed by atoms with E-state index < -0.39 is 17.8 Å². The highest BCUT2D eigenvalue weighted by Gasteiger charge is 2.16. The standard InChI is InChI=1S/C15H15FN2O2/c1-10-8-11(6-7-17-10)9-18-15(20)14(19)12-2-4-13(16)5-3-12/h2-8,14,19H,9H2,1H3,(H,18,20)/t14-/m1/s1. The molecular formula is C15H15FN2O2. The van der Waals surface area contributed by atoms with Gasteiger partial charge >= 0.3 is 0 Å². The van der Waals surface area contributed by atoms with Crippen molar-refractivity contribution in [2.45, 2.75) is 19.6 Å². The number of nitrogens with one attached hydrogen (secondary N) is 1. The van der Waals surface area contributed by atoms with Crippen molar-refractivity contribution in [3.8, 4) is 0 Å². The fraction of sp³-hybridized carbons (Fsp3) is 0.200. The summed E-state index contributed by atoms with van der Waals surface area (Å²) in [6, 6.07) is 8.82. The third-order valence-corrected chi connectivity index (χ3v) is 2.86. The van der Waals surface area contributed by atoms with Crippen LogP contribution in [0.25, 0.3) is 0 Å². The van der Waals surface area contributed by atoms with Crippen molar-refractivity contribution in [2.75, 3.05) is 0 Å². The van der Waals surface area contributed by atoms with E-state index in [1.165, 1.54) is 24.3 Å². The molecule has 0 radical (unpaired) electrons. The van der Waals surface area contributed by atoms with Crippen LogP contribution in [0.2, 0.25) is 0 Å². The van der Waals surface area contributed by atoms with Crippen LogP contribution in [-0.2, 0) is 11.3 Å². The van der Waals surface area contributed by atoms with Crippen molar-refractivity contribution in [1.82, 2.24) is 10.3 Å². The van der Waals surface area contributed by atoms with Crippen LogP contribution in [0.3, 0.4) is 0 Å². The average Bonchev–Trinajstić information content (AvgIpc) is 2.45. The second-order valence-corrected chi connectivity index (χ2v) is 4.48. The molecule has 4 nitrogen and oxygen atoms in total. The van der Waals surface area contributed by atoms with Crippen molar-refractivity contribution in [1.29, 1.82) is 0 Å². The molecule has 20 heavy (non-hydrogen) atoms. The number of halogens is 1. The van der Waals surface area contributed by atoms with Gasteiger partial charge in [-0.2, -0.15) is 0 Å². The van der Waals surface area contributed by atoms with E-state index in [4.69, 9.17) is 0 Å². The number of aromatic nitrogens is 1. The van der Waals surface area contributed by atoms with E-state index in [1.807, 2.05) is 13.0 Å². The number of hydrogen-bond acceptors (Lipinski definition) is 3. The van der Waals surface area contributed by atoms with Gasteiger partial charge in [0.15, 0.2) is 6.10 Å². The fourth-order valence-electron chi connectivity index (χ4n) is 1.80. The minimum Gasteiger partial charge on any atom is -0.378 e. The lowest BCUT2D eigenvalue weighted by molar-refractivity contribution is -0.129. The summed E-state index contributed by atoms with van der Waals surface area (Å²) in [6.07, 6.45) is 0.353. The first-order valence-corrected chi connectivity index (χ1v) is 6.19. The molecule has 1 atom stereocenters. The maximum atomic E-state index is 12.8. The van der Waals surface area contributed by atoms with Gasteiger partial charge in [0.05, 0.1) is 0 Å². The number of carbonyl (C=O) groups excluding carboxylic acids is 1. The highest BCUT2D eigenvalue weighted by atomic mass is 19.1. The summed E-state index contributed by atoms with van der Waals surface area (Å²) in [4.78, 5) is 15.9. The molecule has 0 saturated carbocycles. The lowest BCUT2D eigenvalue weighted by Gasteiger charge is -2.12. The van der Waals surface area contributed by atoms with Gasteiger partial charge in [0, 0.05) is 18.4 Å². The van der Waals surface area contributed by atoms with Crippen LogP contribution >= 0.6 is 0 Å². The smallest absolute Gasteiger partial charge is 0.253 e. The zero-order valence-corrected chi connectivity index (χ0v) is 11.0. The molecule has 104 valence electrons. The Balaban J connectivity index is 1.96. The molecule has 1 amide bonds. The first-order chi connectivity index (χ1) is 9.56. The van der Waals surface area contributed by atoms with E-state index in [2.05, 4.69) is 10.3 Å². The number of rotatable bonds is 4. The van der Waals surface area contributed by atoms with Gasteiger partial charge in [-0.25, -0.2) is 4.39 Å². The van der Waals surface area contributed by atoms with E-state index in [9.17, 15) is 14.3 Å². The van der Waals surface area contributed by atoms with Crippen molar-refractivity contribution in [3.63, 3.8) is 0 Å². The van der Waals surface area contributed by atoms with E-state index in [1.54, 1.807) is 12.3 Å². The Morgan fingerprint density at radius 2 is 2.05 bits per heavy atom. The van der Waals surface area contributed by atoms with Crippen LogP contribution < -0.4 is 5.32 Å². The van der Waals surface area contributed by atoms with Gasteiger partial charge < -0.3 is 10.4 Å². The number of nitrogens with zero attached hydrogens (tertiary/aromatic N) is 1. The number of amides is 1. The molecule has 0 unspecified atom stereocenters. The van der Waals surface area contributed by atoms with Crippen molar-refractivity contribution in [3.05, 3.63) is 65.2 Å². The third kappa shape index (κ3) is 3.61. The molecule has 2 aromatic rings. The van der Waals surface area contributed by atoms with Crippen LogP contribution in [0.1, 0.15) is 22.9 Å². The first kappa shape index (κ1) is 14.1. The lowest BCUT2D eigenvalue weighted by atomic mass is 10.1. The second-order valence-electron chi connectivity index (χ2n) is 4.48. The lowest BCUT2D eigenvalue weighted by Crippen LogP contribution is -2.28. The molecule has 0 aliphatic heterocycles. The van der Waals surface area contributed by atoms with Crippen LogP contribution in [0.15, 0.2) is 42.6 Å². The number of aryl methyl sites for hydroxylation is 1. The molecular weight excluding hydrogens is 259 g/mol. The molecule has 2 rings (SSSR count). The maximum Gasteiger partial charge on any atom is 0.253 e. The maximum absolute atomic E-state index is 12.8. The topological polar surface area (TPSA) is 62.2 Å². The van der Waals surface area contributed by atoms with Crippen molar-refractivity contribution >= 4 is 5.91 Å². The molecule has 5 heteroatoms. The third-order valence-electron chi connectivity index (χ3n) is 2.86. The van der Waals surface area contributed by atoms with Crippen molar-refractivity contribution < 1.29 is 14.3 Å². The van der Waals surface area contributed by atoms with E-state index in [0.717, 1.165) is 11.3 Å². The molecule has 0 spiro atoms. The molecule has 2 N–H and O–H groups in total. The van der Waals surface area contributed by atoms with E-state index in [-0.39, 0.29) is 0 Å². The summed E-state index contributed by atoms with van der Waals surface area (Å²) in [5, 5.41) is 12.5. The highest BCUT2D eigenvalue weighted by Crippen LogP contribution is 2.13. The molecule has 0 aliphatic carbocycles. The fourth-order valence-corrected chi connectivity index (χ4v) is 1.80.